The molecule has 0 bridgehead atoms. The molecule has 0 unspecified atom stereocenters. The molecular formula is C14H10F3NO3S2. The Labute approximate surface area is 139 Å². The Morgan fingerprint density at radius 2 is 2.09 bits per heavy atom. The lowest BCUT2D eigenvalue weighted by Crippen LogP contribution is -2.30. The van der Waals surface area contributed by atoms with E-state index in [-0.39, 0.29) is 27.8 Å². The number of amides is 1. The molecule has 122 valence electrons. The maximum atomic E-state index is 12.7. The first kappa shape index (κ1) is 17.5. The molecule has 0 aliphatic carbocycles. The van der Waals surface area contributed by atoms with Crippen molar-refractivity contribution in [1.29, 1.82) is 0 Å². The van der Waals surface area contributed by atoms with Crippen LogP contribution in [0.2, 0.25) is 0 Å². The number of thiocarbonyl (C=S) groups is 1. The number of alkyl halides is 3. The molecule has 1 fully saturated rings. The van der Waals surface area contributed by atoms with Crippen LogP contribution >= 0.6 is 24.0 Å². The van der Waals surface area contributed by atoms with E-state index in [1.54, 1.807) is 0 Å². The average molecular weight is 361 g/mol. The number of carbonyl (C=O) groups is 2. The molecule has 1 aliphatic heterocycles. The maximum absolute atomic E-state index is 12.7. The lowest BCUT2D eigenvalue weighted by atomic mass is 10.1. The fraction of sp³-hybridized carbons (Fsp3) is 0.214. The summed E-state index contributed by atoms with van der Waals surface area (Å²) >= 11 is 5.94. The zero-order valence-corrected chi connectivity index (χ0v) is 13.1. The molecule has 1 aromatic carbocycles. The number of carboxylic acid groups (broad SMARTS) is 1. The molecule has 1 saturated heterocycles. The number of carbonyl (C=O) groups excluding carboxylic acids is 1. The first-order valence-corrected chi connectivity index (χ1v) is 7.55. The van der Waals surface area contributed by atoms with Gasteiger partial charge in [0.25, 0.3) is 5.91 Å². The monoisotopic (exact) mass is 361 g/mol. The maximum Gasteiger partial charge on any atom is 0.416 e. The molecule has 0 radical (unpaired) electrons. The lowest BCUT2D eigenvalue weighted by molar-refractivity contribution is -0.138. The van der Waals surface area contributed by atoms with Gasteiger partial charge in [-0.15, -0.1) is 0 Å². The van der Waals surface area contributed by atoms with Crippen LogP contribution in [0, 0.1) is 0 Å². The fourth-order valence-electron chi connectivity index (χ4n) is 1.86. The van der Waals surface area contributed by atoms with Crippen molar-refractivity contribution in [3.63, 3.8) is 0 Å². The lowest BCUT2D eigenvalue weighted by Gasteiger charge is -2.12. The molecule has 23 heavy (non-hydrogen) atoms. The highest BCUT2D eigenvalue weighted by Gasteiger charge is 2.33. The molecule has 1 amide bonds. The smallest absolute Gasteiger partial charge is 0.416 e. The zero-order valence-electron chi connectivity index (χ0n) is 11.5. The zero-order chi connectivity index (χ0) is 17.2. The Bertz CT molecular complexity index is 701. The van der Waals surface area contributed by atoms with Crippen molar-refractivity contribution >= 4 is 46.3 Å². The number of hydrogen-bond donors (Lipinski definition) is 1. The summed E-state index contributed by atoms with van der Waals surface area (Å²) in [6.45, 7) is -0.0695. The Balaban J connectivity index is 2.22. The second kappa shape index (κ2) is 6.71. The first-order valence-electron chi connectivity index (χ1n) is 6.33. The summed E-state index contributed by atoms with van der Waals surface area (Å²) in [5.41, 5.74) is -0.592. The molecule has 2 rings (SSSR count). The van der Waals surface area contributed by atoms with Gasteiger partial charge in [0.15, 0.2) is 0 Å². The predicted molar refractivity (Wildman–Crippen MR) is 83.6 cm³/mol. The molecule has 9 heteroatoms. The van der Waals surface area contributed by atoms with Gasteiger partial charge in [-0.1, -0.05) is 36.1 Å². The molecule has 4 nitrogen and oxygen atoms in total. The second-order valence-corrected chi connectivity index (χ2v) is 6.28. The minimum absolute atomic E-state index is 0.0695. The van der Waals surface area contributed by atoms with Crippen molar-refractivity contribution in [2.24, 2.45) is 0 Å². The SMILES string of the molecule is O=C(O)CCN1C(=O)/C(=C\c2cccc(C(F)(F)F)c2)SC1=S. The van der Waals surface area contributed by atoms with Crippen LogP contribution in [0.4, 0.5) is 13.2 Å². The van der Waals surface area contributed by atoms with Gasteiger partial charge in [-0.25, -0.2) is 0 Å². The Hall–Kier alpha value is -1.87. The van der Waals surface area contributed by atoms with E-state index in [1.165, 1.54) is 18.2 Å². The van der Waals surface area contributed by atoms with E-state index in [4.69, 9.17) is 17.3 Å². The van der Waals surface area contributed by atoms with Gasteiger partial charge in [0, 0.05) is 6.54 Å². The predicted octanol–water partition coefficient (Wildman–Crippen LogP) is 3.38. The number of nitrogens with zero attached hydrogens (tertiary/aromatic N) is 1. The van der Waals surface area contributed by atoms with Gasteiger partial charge in [0.1, 0.15) is 4.32 Å². The minimum Gasteiger partial charge on any atom is -0.481 e. The van der Waals surface area contributed by atoms with Crippen molar-refractivity contribution in [2.45, 2.75) is 12.6 Å². The van der Waals surface area contributed by atoms with Crippen LogP contribution in [0.3, 0.4) is 0 Å². The Morgan fingerprint density at radius 3 is 2.70 bits per heavy atom. The largest absolute Gasteiger partial charge is 0.481 e. The summed E-state index contributed by atoms with van der Waals surface area (Å²) in [6, 6.07) is 4.57. The van der Waals surface area contributed by atoms with Crippen molar-refractivity contribution in [1.82, 2.24) is 4.90 Å². The summed E-state index contributed by atoms with van der Waals surface area (Å²) in [5, 5.41) is 8.65. The number of thioether (sulfide) groups is 1. The number of rotatable bonds is 4. The van der Waals surface area contributed by atoms with E-state index >= 15 is 0 Å². The van der Waals surface area contributed by atoms with E-state index < -0.39 is 23.6 Å². The average Bonchev–Trinajstić information content (AvgIpc) is 2.70. The Morgan fingerprint density at radius 1 is 1.39 bits per heavy atom. The van der Waals surface area contributed by atoms with Gasteiger partial charge in [-0.3, -0.25) is 14.5 Å². The molecule has 1 heterocycles. The third-order valence-corrected chi connectivity index (χ3v) is 4.31. The van der Waals surface area contributed by atoms with Crippen molar-refractivity contribution < 1.29 is 27.9 Å². The van der Waals surface area contributed by atoms with Crippen LogP contribution in [0.5, 0.6) is 0 Å². The van der Waals surface area contributed by atoms with Crippen LogP contribution in [-0.4, -0.2) is 32.7 Å². The molecular weight excluding hydrogens is 351 g/mol. The van der Waals surface area contributed by atoms with E-state index in [9.17, 15) is 22.8 Å². The van der Waals surface area contributed by atoms with Crippen LogP contribution in [0.25, 0.3) is 6.08 Å². The number of benzene rings is 1. The fourth-order valence-corrected chi connectivity index (χ4v) is 3.16. The van der Waals surface area contributed by atoms with Crippen molar-refractivity contribution in [3.05, 3.63) is 40.3 Å². The van der Waals surface area contributed by atoms with Gasteiger partial charge >= 0.3 is 12.1 Å². The highest BCUT2D eigenvalue weighted by Crippen LogP contribution is 2.34. The quantitative estimate of drug-likeness (QED) is 0.658. The Kier molecular flexibility index (Phi) is 5.10. The topological polar surface area (TPSA) is 57.6 Å². The highest BCUT2D eigenvalue weighted by atomic mass is 32.2. The normalized spacial score (nSPS) is 17.2. The number of aliphatic carboxylic acids is 1. The number of halogens is 3. The van der Waals surface area contributed by atoms with Crippen molar-refractivity contribution in [3.8, 4) is 0 Å². The second-order valence-electron chi connectivity index (χ2n) is 4.60. The van der Waals surface area contributed by atoms with Crippen molar-refractivity contribution in [2.75, 3.05) is 6.54 Å². The highest BCUT2D eigenvalue weighted by molar-refractivity contribution is 8.26. The first-order chi connectivity index (χ1) is 10.7. The summed E-state index contributed by atoms with van der Waals surface area (Å²) in [6.07, 6.45) is -3.41. The third-order valence-electron chi connectivity index (χ3n) is 2.93. The van der Waals surface area contributed by atoms with Gasteiger partial charge in [-0.05, 0) is 23.8 Å². The summed E-state index contributed by atoms with van der Waals surface area (Å²) in [4.78, 5) is 24.0. The number of carboxylic acids is 1. The molecule has 1 aliphatic rings. The molecule has 0 aromatic heterocycles. The van der Waals surface area contributed by atoms with E-state index in [2.05, 4.69) is 0 Å². The van der Waals surface area contributed by atoms with Gasteiger partial charge in [0.05, 0.1) is 16.9 Å². The summed E-state index contributed by atoms with van der Waals surface area (Å²) in [7, 11) is 0. The van der Waals surface area contributed by atoms with Gasteiger partial charge in [-0.2, -0.15) is 13.2 Å². The van der Waals surface area contributed by atoms with Crippen LogP contribution in [-0.2, 0) is 15.8 Å². The van der Waals surface area contributed by atoms with E-state index in [0.717, 1.165) is 28.8 Å². The van der Waals surface area contributed by atoms with Gasteiger partial charge in [0.2, 0.25) is 0 Å². The third kappa shape index (κ3) is 4.32. The number of hydrogen-bond acceptors (Lipinski definition) is 4. The van der Waals surface area contributed by atoms with E-state index in [1.807, 2.05) is 0 Å². The summed E-state index contributed by atoms with van der Waals surface area (Å²) < 4.78 is 38.2. The van der Waals surface area contributed by atoms with Crippen LogP contribution < -0.4 is 0 Å². The molecule has 1 aromatic rings. The minimum atomic E-state index is -4.47. The molecule has 1 N–H and O–H groups in total. The van der Waals surface area contributed by atoms with Gasteiger partial charge < -0.3 is 5.11 Å². The van der Waals surface area contributed by atoms with Crippen LogP contribution in [0.1, 0.15) is 17.5 Å². The van der Waals surface area contributed by atoms with Crippen LogP contribution in [0.15, 0.2) is 29.2 Å². The molecule has 0 saturated carbocycles. The molecule has 0 atom stereocenters. The summed E-state index contributed by atoms with van der Waals surface area (Å²) in [5.74, 6) is -1.57. The standard InChI is InChI=1S/C14H10F3NO3S2/c15-14(16,17)9-3-1-2-8(6-9)7-10-12(21)18(13(22)23-10)5-4-11(19)20/h1-3,6-7H,4-5H2,(H,19,20)/b10-7+. The molecule has 0 spiro atoms. The van der Waals surface area contributed by atoms with E-state index in [0.29, 0.717) is 0 Å².